The molecule has 2 aromatic rings. The highest BCUT2D eigenvalue weighted by Gasteiger charge is 2.10. The number of thiocarbonyl (C=S) groups is 1. The lowest BCUT2D eigenvalue weighted by atomic mass is 9.99. The molecular weight excluding hydrogens is 266 g/mol. The lowest BCUT2D eigenvalue weighted by molar-refractivity contribution is 0.0982. The van der Waals surface area contributed by atoms with E-state index < -0.39 is 0 Å². The monoisotopic (exact) mass is 279 g/mol. The molecule has 0 spiro atoms. The highest BCUT2D eigenvalue weighted by atomic mass is 32.1. The number of nitriles is 1. The molecule has 0 N–H and O–H groups in total. The van der Waals surface area contributed by atoms with Gasteiger partial charge in [0.2, 0.25) is 0 Å². The number of aryl methyl sites for hydroxylation is 1. The average molecular weight is 279 g/mol. The molecule has 0 saturated heterocycles. The number of benzene rings is 2. The van der Waals surface area contributed by atoms with E-state index in [0.29, 0.717) is 24.0 Å². The van der Waals surface area contributed by atoms with Gasteiger partial charge >= 0.3 is 0 Å². The van der Waals surface area contributed by atoms with E-state index >= 15 is 0 Å². The molecule has 0 radical (unpaired) electrons. The third-order valence-corrected chi connectivity index (χ3v) is 3.38. The van der Waals surface area contributed by atoms with E-state index in [9.17, 15) is 4.79 Å². The predicted molar refractivity (Wildman–Crippen MR) is 83.0 cm³/mol. The molecule has 0 unspecified atom stereocenters. The average Bonchev–Trinajstić information content (AvgIpc) is 2.53. The van der Waals surface area contributed by atoms with Gasteiger partial charge in [-0.05, 0) is 23.6 Å². The number of Topliss-reactive ketones (excluding diaryl/α,β-unsaturated/α-hetero) is 1. The van der Waals surface area contributed by atoms with Crippen LogP contribution < -0.4 is 0 Å². The van der Waals surface area contributed by atoms with Gasteiger partial charge in [-0.15, -0.1) is 0 Å². The molecule has 0 bridgehead atoms. The predicted octanol–water partition coefficient (Wildman–Crippen LogP) is 3.72. The maximum Gasteiger partial charge on any atom is 0.164 e. The molecule has 2 aromatic carbocycles. The Bertz CT molecular complexity index is 668. The molecule has 2 nitrogen and oxygen atoms in total. The van der Waals surface area contributed by atoms with E-state index in [-0.39, 0.29) is 5.78 Å². The second-order valence-electron chi connectivity index (χ2n) is 4.44. The summed E-state index contributed by atoms with van der Waals surface area (Å²) < 4.78 is 0. The topological polar surface area (TPSA) is 40.9 Å². The van der Waals surface area contributed by atoms with Crippen LogP contribution in [0.5, 0.6) is 0 Å². The fraction of sp³-hybridized carbons (Fsp3) is 0.118. The smallest absolute Gasteiger partial charge is 0.164 e. The maximum absolute atomic E-state index is 12.1. The quantitative estimate of drug-likeness (QED) is 0.618. The third kappa shape index (κ3) is 3.37. The SMILES string of the molecule is N#Cc1ccccc1C(=O)CCc1ccc(C=S)cc1. The van der Waals surface area contributed by atoms with Gasteiger partial charge in [-0.1, -0.05) is 54.7 Å². The molecule has 0 aliphatic carbocycles. The van der Waals surface area contributed by atoms with E-state index in [1.54, 1.807) is 29.6 Å². The number of ketones is 1. The number of rotatable bonds is 5. The highest BCUT2D eigenvalue weighted by Crippen LogP contribution is 2.13. The molecule has 0 atom stereocenters. The Morgan fingerprint density at radius 1 is 1.15 bits per heavy atom. The van der Waals surface area contributed by atoms with Gasteiger partial charge in [0.1, 0.15) is 0 Å². The Morgan fingerprint density at radius 2 is 1.85 bits per heavy atom. The Morgan fingerprint density at radius 3 is 2.50 bits per heavy atom. The van der Waals surface area contributed by atoms with Crippen LogP contribution in [0.2, 0.25) is 0 Å². The van der Waals surface area contributed by atoms with Crippen molar-refractivity contribution in [2.45, 2.75) is 12.8 Å². The molecule has 0 fully saturated rings. The van der Waals surface area contributed by atoms with Crippen molar-refractivity contribution in [1.82, 2.24) is 0 Å². The van der Waals surface area contributed by atoms with Crippen molar-refractivity contribution in [3.63, 3.8) is 0 Å². The summed E-state index contributed by atoms with van der Waals surface area (Å²) in [4.78, 5) is 12.1. The van der Waals surface area contributed by atoms with Gasteiger partial charge in [0.25, 0.3) is 0 Å². The van der Waals surface area contributed by atoms with Crippen molar-refractivity contribution in [3.05, 3.63) is 70.8 Å². The van der Waals surface area contributed by atoms with Crippen LogP contribution in [-0.4, -0.2) is 11.2 Å². The molecule has 98 valence electrons. The van der Waals surface area contributed by atoms with Gasteiger partial charge < -0.3 is 0 Å². The molecule has 0 aromatic heterocycles. The Kier molecular flexibility index (Phi) is 4.75. The molecule has 20 heavy (non-hydrogen) atoms. The molecule has 0 saturated carbocycles. The minimum atomic E-state index is 0.000980. The van der Waals surface area contributed by atoms with Crippen molar-refractivity contribution in [3.8, 4) is 6.07 Å². The lowest BCUT2D eigenvalue weighted by Gasteiger charge is -2.04. The van der Waals surface area contributed by atoms with Gasteiger partial charge in [0, 0.05) is 17.4 Å². The van der Waals surface area contributed by atoms with E-state index in [1.165, 1.54) is 0 Å². The van der Waals surface area contributed by atoms with Crippen molar-refractivity contribution in [2.75, 3.05) is 0 Å². The van der Waals surface area contributed by atoms with Crippen molar-refractivity contribution < 1.29 is 4.79 Å². The Hall–Kier alpha value is -2.31. The first kappa shape index (κ1) is 14.1. The summed E-state index contributed by atoms with van der Waals surface area (Å²) in [6.07, 6.45) is 1.06. The first-order valence-corrected chi connectivity index (χ1v) is 6.78. The van der Waals surface area contributed by atoms with Crippen LogP contribution in [0.15, 0.2) is 48.5 Å². The van der Waals surface area contributed by atoms with E-state index in [4.69, 9.17) is 17.5 Å². The van der Waals surface area contributed by atoms with Crippen molar-refractivity contribution in [1.29, 1.82) is 5.26 Å². The van der Waals surface area contributed by atoms with Crippen LogP contribution in [0.4, 0.5) is 0 Å². The van der Waals surface area contributed by atoms with Gasteiger partial charge in [-0.25, -0.2) is 0 Å². The summed E-state index contributed by atoms with van der Waals surface area (Å²) in [6, 6.07) is 16.8. The van der Waals surface area contributed by atoms with E-state index in [2.05, 4.69) is 6.07 Å². The maximum atomic E-state index is 12.1. The fourth-order valence-electron chi connectivity index (χ4n) is 1.98. The minimum absolute atomic E-state index is 0.000980. The number of carbonyl (C=O) groups excluding carboxylic acids is 1. The van der Waals surface area contributed by atoms with Crippen LogP contribution in [0.1, 0.15) is 33.5 Å². The van der Waals surface area contributed by atoms with Gasteiger partial charge in [-0.3, -0.25) is 4.79 Å². The Balaban J connectivity index is 2.05. The number of carbonyl (C=O) groups is 1. The first-order valence-electron chi connectivity index (χ1n) is 6.31. The van der Waals surface area contributed by atoms with E-state index in [0.717, 1.165) is 11.1 Å². The zero-order valence-electron chi connectivity index (χ0n) is 10.9. The van der Waals surface area contributed by atoms with Gasteiger partial charge in [0.05, 0.1) is 11.6 Å². The molecule has 3 heteroatoms. The zero-order valence-corrected chi connectivity index (χ0v) is 11.7. The summed E-state index contributed by atoms with van der Waals surface area (Å²) >= 11 is 4.85. The Labute approximate surface area is 123 Å². The van der Waals surface area contributed by atoms with E-state index in [1.807, 2.05) is 24.3 Å². The molecule has 0 heterocycles. The first-order chi connectivity index (χ1) is 9.74. The van der Waals surface area contributed by atoms with Crippen molar-refractivity contribution in [2.24, 2.45) is 0 Å². The summed E-state index contributed by atoms with van der Waals surface area (Å²) in [5.41, 5.74) is 3.03. The zero-order chi connectivity index (χ0) is 14.4. The minimum Gasteiger partial charge on any atom is -0.294 e. The fourth-order valence-corrected chi connectivity index (χ4v) is 2.14. The summed E-state index contributed by atoms with van der Waals surface area (Å²) in [5, 5.41) is 10.6. The number of hydrogen-bond donors (Lipinski definition) is 0. The molecule has 0 aliphatic rings. The van der Waals surface area contributed by atoms with Crippen LogP contribution in [-0.2, 0) is 6.42 Å². The lowest BCUT2D eigenvalue weighted by Crippen LogP contribution is -2.03. The number of hydrogen-bond acceptors (Lipinski definition) is 3. The summed E-state index contributed by atoms with van der Waals surface area (Å²) in [7, 11) is 0. The summed E-state index contributed by atoms with van der Waals surface area (Å²) in [6.45, 7) is 0. The van der Waals surface area contributed by atoms with Crippen LogP contribution >= 0.6 is 12.2 Å². The van der Waals surface area contributed by atoms with Crippen LogP contribution in [0.3, 0.4) is 0 Å². The highest BCUT2D eigenvalue weighted by molar-refractivity contribution is 7.79. The molecule has 2 rings (SSSR count). The molecular formula is C17H13NOS. The number of nitrogens with zero attached hydrogens (tertiary/aromatic N) is 1. The summed E-state index contributed by atoms with van der Waals surface area (Å²) in [5.74, 6) is 0.000980. The van der Waals surface area contributed by atoms with Gasteiger partial charge in [-0.2, -0.15) is 5.26 Å². The van der Waals surface area contributed by atoms with Crippen molar-refractivity contribution >= 4 is 23.4 Å². The van der Waals surface area contributed by atoms with Crippen LogP contribution in [0.25, 0.3) is 0 Å². The third-order valence-electron chi connectivity index (χ3n) is 3.10. The standard InChI is InChI=1S/C17H13NOS/c18-11-15-3-1-2-4-16(15)17(19)10-9-13-5-7-14(12-20)8-6-13/h1-8,12H,9-10H2. The largest absolute Gasteiger partial charge is 0.294 e. The normalized spacial score (nSPS) is 9.75. The van der Waals surface area contributed by atoms with Gasteiger partial charge in [0.15, 0.2) is 5.78 Å². The second-order valence-corrected chi connectivity index (χ2v) is 4.68. The molecule has 0 amide bonds. The second kappa shape index (κ2) is 6.74. The van der Waals surface area contributed by atoms with Crippen LogP contribution in [0, 0.1) is 11.3 Å². The molecule has 0 aliphatic heterocycles.